The maximum atomic E-state index is 13.0. The Hall–Kier alpha value is -1.82. The second-order valence-electron chi connectivity index (χ2n) is 9.71. The monoisotopic (exact) mass is 412 g/mol. The number of rotatable bonds is 5. The fourth-order valence-electron chi connectivity index (χ4n) is 6.67. The highest BCUT2D eigenvalue weighted by molar-refractivity contribution is 8.14. The third kappa shape index (κ3) is 3.49. The molecule has 1 N–H and O–H groups in total. The Balaban J connectivity index is 1.27. The number of amides is 3. The summed E-state index contributed by atoms with van der Waals surface area (Å²) < 4.78 is 0. The molecule has 4 aliphatic carbocycles. The van der Waals surface area contributed by atoms with Crippen LogP contribution in [0.4, 0.5) is 4.79 Å². The molecule has 1 aliphatic heterocycles. The standard InChI is InChI=1S/C23H28N2O3S/c1-14(23-9-16-5-17(10-23)7-18(6-16)11-23)24-21(27)19-4-2-3-15(8-19)12-25-20(26)13-29-22(25)28/h2-4,8,14,16-18H,5-7,9-13H2,1H3,(H,24,27). The van der Waals surface area contributed by atoms with Gasteiger partial charge in [0.2, 0.25) is 5.91 Å². The van der Waals surface area contributed by atoms with Crippen molar-refractivity contribution in [1.82, 2.24) is 10.2 Å². The smallest absolute Gasteiger partial charge is 0.289 e. The second kappa shape index (κ2) is 7.15. The van der Waals surface area contributed by atoms with Gasteiger partial charge >= 0.3 is 0 Å². The van der Waals surface area contributed by atoms with Gasteiger partial charge in [-0.05, 0) is 86.3 Å². The lowest BCUT2D eigenvalue weighted by atomic mass is 9.48. The number of hydrogen-bond donors (Lipinski definition) is 1. The van der Waals surface area contributed by atoms with Gasteiger partial charge in [-0.2, -0.15) is 0 Å². The van der Waals surface area contributed by atoms with Crippen molar-refractivity contribution in [3.8, 4) is 0 Å². The van der Waals surface area contributed by atoms with Crippen LogP contribution >= 0.6 is 11.8 Å². The highest BCUT2D eigenvalue weighted by atomic mass is 32.2. The molecule has 1 aromatic carbocycles. The van der Waals surface area contributed by atoms with Crippen LogP contribution in [0.5, 0.6) is 0 Å². The summed E-state index contributed by atoms with van der Waals surface area (Å²) in [5.41, 5.74) is 1.68. The number of nitrogens with zero attached hydrogens (tertiary/aromatic N) is 1. The minimum Gasteiger partial charge on any atom is -0.349 e. The van der Waals surface area contributed by atoms with Crippen LogP contribution in [0.2, 0.25) is 0 Å². The maximum absolute atomic E-state index is 13.0. The first-order valence-electron chi connectivity index (χ1n) is 10.8. The highest BCUT2D eigenvalue weighted by Crippen LogP contribution is 2.61. The van der Waals surface area contributed by atoms with Gasteiger partial charge in [-0.25, -0.2) is 0 Å². The quantitative estimate of drug-likeness (QED) is 0.786. The molecular formula is C23H28N2O3S. The molecule has 0 radical (unpaired) electrons. The van der Waals surface area contributed by atoms with Gasteiger partial charge in [0.1, 0.15) is 0 Å². The lowest BCUT2D eigenvalue weighted by Gasteiger charge is -2.59. The number of carbonyl (C=O) groups excluding carboxylic acids is 3. The molecule has 1 aromatic rings. The van der Waals surface area contributed by atoms with E-state index in [0.717, 1.165) is 35.1 Å². The summed E-state index contributed by atoms with van der Waals surface area (Å²) >= 11 is 1.04. The van der Waals surface area contributed by atoms with Crippen molar-refractivity contribution in [3.63, 3.8) is 0 Å². The molecule has 5 aliphatic rings. The molecule has 4 bridgehead atoms. The number of carbonyl (C=O) groups is 3. The molecule has 3 amide bonds. The zero-order chi connectivity index (χ0) is 20.2. The first-order chi connectivity index (χ1) is 13.9. The summed E-state index contributed by atoms with van der Waals surface area (Å²) in [6.45, 7) is 2.42. The number of nitrogens with one attached hydrogen (secondary N) is 1. The Labute approximate surface area is 176 Å². The van der Waals surface area contributed by atoms with Gasteiger partial charge in [0, 0.05) is 11.6 Å². The molecule has 0 aromatic heterocycles. The van der Waals surface area contributed by atoms with Crippen LogP contribution in [0.25, 0.3) is 0 Å². The van der Waals surface area contributed by atoms with E-state index in [1.54, 1.807) is 0 Å². The molecule has 6 heteroatoms. The molecular weight excluding hydrogens is 384 g/mol. The van der Waals surface area contributed by atoms with Crippen molar-refractivity contribution in [1.29, 1.82) is 0 Å². The van der Waals surface area contributed by atoms with Crippen LogP contribution < -0.4 is 5.32 Å². The Bertz CT molecular complexity index is 816. The van der Waals surface area contributed by atoms with E-state index in [0.29, 0.717) is 5.56 Å². The van der Waals surface area contributed by atoms with E-state index in [9.17, 15) is 14.4 Å². The predicted octanol–water partition coefficient (Wildman–Crippen LogP) is 4.22. The summed E-state index contributed by atoms with van der Waals surface area (Å²) in [6, 6.07) is 7.49. The molecule has 29 heavy (non-hydrogen) atoms. The van der Waals surface area contributed by atoms with E-state index in [1.807, 2.05) is 24.3 Å². The zero-order valence-electron chi connectivity index (χ0n) is 16.9. The van der Waals surface area contributed by atoms with Crippen LogP contribution in [0.15, 0.2) is 24.3 Å². The lowest BCUT2D eigenvalue weighted by Crippen LogP contribution is -2.55. The summed E-state index contributed by atoms with van der Waals surface area (Å²) in [5, 5.41) is 3.09. The van der Waals surface area contributed by atoms with Gasteiger partial charge in [-0.1, -0.05) is 23.9 Å². The van der Waals surface area contributed by atoms with Crippen LogP contribution in [-0.4, -0.2) is 33.7 Å². The van der Waals surface area contributed by atoms with Crippen molar-refractivity contribution in [2.75, 3.05) is 5.75 Å². The van der Waals surface area contributed by atoms with E-state index in [4.69, 9.17) is 0 Å². The Kier molecular flexibility index (Phi) is 4.72. The minimum absolute atomic E-state index is 0.0523. The highest BCUT2D eigenvalue weighted by Gasteiger charge is 2.53. The van der Waals surface area contributed by atoms with Crippen molar-refractivity contribution < 1.29 is 14.4 Å². The van der Waals surface area contributed by atoms with Crippen LogP contribution in [0, 0.1) is 23.2 Å². The third-order valence-corrected chi connectivity index (χ3v) is 8.58. The molecule has 154 valence electrons. The van der Waals surface area contributed by atoms with Crippen molar-refractivity contribution in [3.05, 3.63) is 35.4 Å². The van der Waals surface area contributed by atoms with Crippen molar-refractivity contribution in [2.24, 2.45) is 23.2 Å². The van der Waals surface area contributed by atoms with Crippen molar-refractivity contribution in [2.45, 2.75) is 58.0 Å². The average Bonchev–Trinajstić information content (AvgIpc) is 2.99. The summed E-state index contributed by atoms with van der Waals surface area (Å²) in [7, 11) is 0. The molecule has 1 heterocycles. The molecule has 5 nitrogen and oxygen atoms in total. The van der Waals surface area contributed by atoms with Crippen LogP contribution in [0.3, 0.4) is 0 Å². The normalized spacial score (nSPS) is 34.0. The largest absolute Gasteiger partial charge is 0.349 e. The van der Waals surface area contributed by atoms with Gasteiger partial charge < -0.3 is 5.32 Å². The van der Waals surface area contributed by atoms with Gasteiger partial charge in [0.25, 0.3) is 11.1 Å². The summed E-state index contributed by atoms with van der Waals surface area (Å²) in [6.07, 6.45) is 7.97. The van der Waals surface area contributed by atoms with Crippen LogP contribution in [-0.2, 0) is 11.3 Å². The molecule has 1 saturated heterocycles. The Morgan fingerprint density at radius 3 is 2.41 bits per heavy atom. The average molecular weight is 413 g/mol. The maximum Gasteiger partial charge on any atom is 0.289 e. The lowest BCUT2D eigenvalue weighted by molar-refractivity contribution is -0.125. The van der Waals surface area contributed by atoms with E-state index < -0.39 is 0 Å². The van der Waals surface area contributed by atoms with E-state index in [2.05, 4.69) is 12.2 Å². The van der Waals surface area contributed by atoms with Crippen molar-refractivity contribution >= 4 is 28.8 Å². The SMILES string of the molecule is CC(NC(=O)c1cccc(CN2C(=O)CSC2=O)c1)C12CC3CC(CC(C3)C1)C2. The second-order valence-corrected chi connectivity index (χ2v) is 10.6. The van der Waals surface area contributed by atoms with E-state index in [-0.39, 0.29) is 40.8 Å². The van der Waals surface area contributed by atoms with E-state index >= 15 is 0 Å². The predicted molar refractivity (Wildman–Crippen MR) is 112 cm³/mol. The Morgan fingerprint density at radius 1 is 1.17 bits per heavy atom. The molecule has 5 fully saturated rings. The first-order valence-corrected chi connectivity index (χ1v) is 11.8. The van der Waals surface area contributed by atoms with Gasteiger partial charge in [0.15, 0.2) is 0 Å². The van der Waals surface area contributed by atoms with Crippen LogP contribution in [0.1, 0.15) is 61.4 Å². The number of imide groups is 1. The first kappa shape index (κ1) is 19.2. The van der Waals surface area contributed by atoms with E-state index in [1.165, 1.54) is 43.4 Å². The number of benzene rings is 1. The zero-order valence-corrected chi connectivity index (χ0v) is 17.7. The summed E-state index contributed by atoms with van der Waals surface area (Å²) in [4.78, 5) is 38.0. The molecule has 0 spiro atoms. The van der Waals surface area contributed by atoms with Gasteiger partial charge in [0.05, 0.1) is 12.3 Å². The fourth-order valence-corrected chi connectivity index (χ4v) is 7.39. The molecule has 4 saturated carbocycles. The number of thioether (sulfide) groups is 1. The Morgan fingerprint density at radius 2 is 1.83 bits per heavy atom. The fraction of sp³-hybridized carbons (Fsp3) is 0.609. The number of hydrogen-bond acceptors (Lipinski definition) is 4. The molecule has 1 atom stereocenters. The minimum atomic E-state index is -0.208. The third-order valence-electron chi connectivity index (χ3n) is 7.72. The molecule has 1 unspecified atom stereocenters. The van der Waals surface area contributed by atoms with Gasteiger partial charge in [-0.3, -0.25) is 19.3 Å². The topological polar surface area (TPSA) is 66.5 Å². The molecule has 6 rings (SSSR count). The summed E-state index contributed by atoms with van der Waals surface area (Å²) in [5.74, 6) is 2.57. The van der Waals surface area contributed by atoms with Gasteiger partial charge in [-0.15, -0.1) is 0 Å².